The van der Waals surface area contributed by atoms with Crippen molar-refractivity contribution in [1.82, 2.24) is 0 Å². The number of rotatable bonds is 3. The summed E-state index contributed by atoms with van der Waals surface area (Å²) in [7, 11) is 0. The number of phenols is 1. The minimum absolute atomic E-state index is 0.100. The van der Waals surface area contributed by atoms with Crippen molar-refractivity contribution >= 4 is 43.1 Å². The summed E-state index contributed by atoms with van der Waals surface area (Å²) in [5.41, 5.74) is 3.68. The highest BCUT2D eigenvalue weighted by Crippen LogP contribution is 2.48. The summed E-state index contributed by atoms with van der Waals surface area (Å²) in [6, 6.07) is 32.2. The molecular weight excluding hydrogens is 496 g/mol. The first-order valence-electron chi connectivity index (χ1n) is 16.9. The molecule has 0 radical (unpaired) electrons. The molecule has 0 fully saturated rings. The van der Waals surface area contributed by atoms with Crippen LogP contribution in [0.4, 0.5) is 0 Å². The van der Waals surface area contributed by atoms with E-state index in [9.17, 15) is 9.22 Å². The van der Waals surface area contributed by atoms with Gasteiger partial charge in [0.2, 0.25) is 0 Å². The quantitative estimate of drug-likeness (QED) is 0.226. The van der Waals surface area contributed by atoms with Crippen LogP contribution in [-0.2, 0) is 0 Å². The molecule has 41 heavy (non-hydrogen) atoms. The Morgan fingerprint density at radius 2 is 0.951 bits per heavy atom. The zero-order valence-corrected chi connectivity index (χ0v) is 21.8. The van der Waals surface area contributed by atoms with Gasteiger partial charge in [0.25, 0.3) is 0 Å². The van der Waals surface area contributed by atoms with Gasteiger partial charge in [-0.1, -0.05) is 145 Å². The number of aromatic hydroxyl groups is 1. The predicted octanol–water partition coefficient (Wildman–Crippen LogP) is 11.0. The lowest BCUT2D eigenvalue weighted by Crippen LogP contribution is -1.92. The molecule has 1 N–H and O–H groups in total. The second-order valence-corrected chi connectivity index (χ2v) is 10.1. The third-order valence-electron chi connectivity index (χ3n) is 7.88. The second-order valence-electron chi connectivity index (χ2n) is 10.1. The lowest BCUT2D eigenvalue weighted by Gasteiger charge is -2.19. The summed E-state index contributed by atoms with van der Waals surface area (Å²) in [4.78, 5) is 0. The molecule has 1 nitrogen and oxygen atoms in total. The molecule has 0 bridgehead atoms. The van der Waals surface area contributed by atoms with E-state index in [1.807, 2.05) is 91.0 Å². The maximum atomic E-state index is 11.7. The molecule has 0 heterocycles. The predicted molar refractivity (Wildman–Crippen MR) is 174 cm³/mol. The topological polar surface area (TPSA) is 20.2 Å². The van der Waals surface area contributed by atoms with Crippen LogP contribution in [0.5, 0.6) is 5.75 Å². The van der Waals surface area contributed by atoms with Crippen molar-refractivity contribution < 1.29 is 14.7 Å². The van der Waals surface area contributed by atoms with Gasteiger partial charge in [0.15, 0.2) is 0 Å². The molecule has 0 aliphatic rings. The van der Waals surface area contributed by atoms with E-state index in [4.69, 9.17) is 5.48 Å². The third kappa shape index (κ3) is 3.71. The maximum Gasteiger partial charge on any atom is 0.124 e. The van der Waals surface area contributed by atoms with Crippen LogP contribution in [-0.4, -0.2) is 5.11 Å². The first-order chi connectivity index (χ1) is 23.2. The van der Waals surface area contributed by atoms with E-state index >= 15 is 0 Å². The first kappa shape index (κ1) is 17.3. The Balaban J connectivity index is 1.56. The van der Waals surface area contributed by atoms with Crippen molar-refractivity contribution in [3.8, 4) is 39.1 Å². The van der Waals surface area contributed by atoms with E-state index in [1.165, 1.54) is 0 Å². The van der Waals surface area contributed by atoms with E-state index in [-0.39, 0.29) is 39.7 Å². The molecule has 8 aromatic rings. The molecule has 1 heteroatoms. The van der Waals surface area contributed by atoms with Crippen LogP contribution in [0.1, 0.15) is 9.60 Å². The van der Waals surface area contributed by atoms with Crippen LogP contribution in [0.3, 0.4) is 0 Å². The van der Waals surface area contributed by atoms with Crippen LogP contribution < -0.4 is 0 Å². The van der Waals surface area contributed by atoms with Gasteiger partial charge in [-0.15, -0.1) is 0 Å². The average Bonchev–Trinajstić information content (AvgIpc) is 3.13. The number of hydrogen-bond acceptors (Lipinski definition) is 1. The van der Waals surface area contributed by atoms with E-state index in [1.54, 1.807) is 0 Å². The van der Waals surface area contributed by atoms with Gasteiger partial charge in [-0.2, -0.15) is 0 Å². The highest BCUT2D eigenvalue weighted by Gasteiger charge is 2.20. The molecule has 0 aliphatic heterocycles. The lowest BCUT2D eigenvalue weighted by molar-refractivity contribution is 0.482. The molecule has 0 saturated carbocycles. The number of hydrogen-bond donors (Lipinski definition) is 1. The SMILES string of the molecule is [2H]c1c([2H])c([2H])c2c(-c3cccc4ccccc34)c3c(O)c([2H])c([2H])c([2H])c3c(-c3ccc(-c4cccc5ccccc45)cc3)c2c1[2H]. The zero-order chi connectivity index (χ0) is 33.4. The standard InChI is InChI=1S/C40H26O/c41-37-21-9-20-36-38(29-24-22-28(23-25-29)31-18-7-12-26-10-1-3-14-30(26)31)34-16-5-6-17-35(34)39(40(36)37)33-19-8-13-27-11-2-4-15-32(27)33/h1-25,41H/i5D,6D,9D,16D,17D,20D,21D. The smallest absolute Gasteiger partial charge is 0.124 e. The Labute approximate surface area is 248 Å². The molecule has 0 spiro atoms. The fourth-order valence-electron chi connectivity index (χ4n) is 6.06. The van der Waals surface area contributed by atoms with Crippen LogP contribution >= 0.6 is 0 Å². The van der Waals surface area contributed by atoms with Gasteiger partial charge < -0.3 is 5.11 Å². The van der Waals surface area contributed by atoms with E-state index < -0.39 is 29.9 Å². The van der Waals surface area contributed by atoms with Crippen molar-refractivity contribution in [2.45, 2.75) is 0 Å². The van der Waals surface area contributed by atoms with E-state index in [0.717, 1.165) is 32.7 Å². The minimum atomic E-state index is -0.522. The van der Waals surface area contributed by atoms with Gasteiger partial charge >= 0.3 is 0 Å². The third-order valence-corrected chi connectivity index (χ3v) is 7.88. The summed E-state index contributed by atoms with van der Waals surface area (Å²) in [6.07, 6.45) is 0. The first-order valence-corrected chi connectivity index (χ1v) is 13.4. The van der Waals surface area contributed by atoms with Gasteiger partial charge in [0.05, 0.1) is 9.60 Å². The molecule has 192 valence electrons. The normalized spacial score (nSPS) is 13.9. The van der Waals surface area contributed by atoms with E-state index in [2.05, 4.69) is 18.2 Å². The van der Waals surface area contributed by atoms with Crippen molar-refractivity contribution in [1.29, 1.82) is 0 Å². The maximum absolute atomic E-state index is 11.7. The van der Waals surface area contributed by atoms with Crippen molar-refractivity contribution in [3.05, 3.63) is 151 Å². The molecule has 0 amide bonds. The molecule has 0 aliphatic carbocycles. The van der Waals surface area contributed by atoms with Crippen LogP contribution in [0.15, 0.2) is 151 Å². The van der Waals surface area contributed by atoms with Crippen molar-refractivity contribution in [2.75, 3.05) is 0 Å². The Kier molecular flexibility index (Phi) is 3.95. The van der Waals surface area contributed by atoms with Gasteiger partial charge in [0.1, 0.15) is 5.75 Å². The number of benzene rings is 8. The highest BCUT2D eigenvalue weighted by molar-refractivity contribution is 6.24. The summed E-state index contributed by atoms with van der Waals surface area (Å²) in [6.45, 7) is 0. The minimum Gasteiger partial charge on any atom is -0.507 e. The Hall–Kier alpha value is -5.40. The molecular formula is C40H26O. The van der Waals surface area contributed by atoms with Crippen LogP contribution in [0.2, 0.25) is 0 Å². The van der Waals surface area contributed by atoms with Crippen molar-refractivity contribution in [3.63, 3.8) is 0 Å². The van der Waals surface area contributed by atoms with Gasteiger partial charge in [-0.05, 0) is 71.6 Å². The van der Waals surface area contributed by atoms with Gasteiger partial charge in [0, 0.05) is 10.9 Å². The molecule has 0 saturated heterocycles. The summed E-state index contributed by atoms with van der Waals surface area (Å²) in [5, 5.41) is 16.1. The lowest BCUT2D eigenvalue weighted by atomic mass is 9.84. The average molecular weight is 530 g/mol. The molecule has 0 unspecified atom stereocenters. The van der Waals surface area contributed by atoms with Crippen LogP contribution in [0.25, 0.3) is 76.5 Å². The molecule has 8 rings (SSSR count). The van der Waals surface area contributed by atoms with Gasteiger partial charge in [-0.3, -0.25) is 0 Å². The van der Waals surface area contributed by atoms with E-state index in [0.29, 0.717) is 22.3 Å². The van der Waals surface area contributed by atoms with Crippen molar-refractivity contribution in [2.24, 2.45) is 0 Å². The molecule has 0 atom stereocenters. The largest absolute Gasteiger partial charge is 0.507 e. The molecule has 0 aromatic heterocycles. The van der Waals surface area contributed by atoms with Gasteiger partial charge in [-0.25, -0.2) is 0 Å². The summed E-state index contributed by atoms with van der Waals surface area (Å²) < 4.78 is 62.2. The zero-order valence-electron chi connectivity index (χ0n) is 28.8. The fourth-order valence-corrected chi connectivity index (χ4v) is 6.06. The fraction of sp³-hybridized carbons (Fsp3) is 0. The monoisotopic (exact) mass is 529 g/mol. The summed E-state index contributed by atoms with van der Waals surface area (Å²) >= 11 is 0. The Morgan fingerprint density at radius 3 is 1.66 bits per heavy atom. The van der Waals surface area contributed by atoms with Crippen LogP contribution in [0, 0.1) is 0 Å². The second kappa shape index (κ2) is 9.36. The Morgan fingerprint density at radius 1 is 0.415 bits per heavy atom. The number of phenolic OH excluding ortho intramolecular Hbond substituents is 1. The molecule has 8 aromatic carbocycles. The summed E-state index contributed by atoms with van der Waals surface area (Å²) in [5.74, 6) is -0.517. The number of fused-ring (bicyclic) bond motifs is 4. The highest BCUT2D eigenvalue weighted by atomic mass is 16.3. The Bertz CT molecular complexity index is 2560.